The van der Waals surface area contributed by atoms with E-state index in [1.807, 2.05) is 0 Å². The van der Waals surface area contributed by atoms with Crippen LogP contribution in [0.25, 0.3) is 0 Å². The van der Waals surface area contributed by atoms with E-state index in [1.54, 1.807) is 24.3 Å². The minimum absolute atomic E-state index is 0.213. The molecule has 21 heavy (non-hydrogen) atoms. The van der Waals surface area contributed by atoms with Crippen LogP contribution in [0.15, 0.2) is 29.2 Å². The summed E-state index contributed by atoms with van der Waals surface area (Å²) in [7, 11) is -3.49. The van der Waals surface area contributed by atoms with Gasteiger partial charge in [0.15, 0.2) is 0 Å². The first-order chi connectivity index (χ1) is 10.0. The highest BCUT2D eigenvalue weighted by molar-refractivity contribution is 7.89. The summed E-state index contributed by atoms with van der Waals surface area (Å²) in [5, 5.41) is 0. The molecule has 1 atom stereocenters. The molecule has 0 aliphatic carbocycles. The van der Waals surface area contributed by atoms with E-state index in [0.29, 0.717) is 17.0 Å². The molecule has 1 aromatic rings. The van der Waals surface area contributed by atoms with Crippen LogP contribution in [-0.4, -0.2) is 39.0 Å². The summed E-state index contributed by atoms with van der Waals surface area (Å²) >= 11 is 0. The molecule has 0 saturated carbocycles. The topological polar surface area (TPSA) is 75.4 Å². The van der Waals surface area contributed by atoms with Crippen LogP contribution in [0.5, 0.6) is 0 Å². The summed E-state index contributed by atoms with van der Waals surface area (Å²) in [6.07, 6.45) is 3.68. The molecule has 2 rings (SSSR count). The van der Waals surface area contributed by atoms with Crippen LogP contribution in [0.1, 0.15) is 31.7 Å². The second kappa shape index (κ2) is 7.35. The summed E-state index contributed by atoms with van der Waals surface area (Å²) in [6, 6.07) is 7.10. The molecule has 1 saturated heterocycles. The Morgan fingerprint density at radius 3 is 2.57 bits per heavy atom. The third kappa shape index (κ3) is 4.26. The maximum Gasteiger partial charge on any atom is 0.240 e. The lowest BCUT2D eigenvalue weighted by Crippen LogP contribution is -2.44. The van der Waals surface area contributed by atoms with Gasteiger partial charge < -0.3 is 5.73 Å². The Kier molecular flexibility index (Phi) is 5.75. The van der Waals surface area contributed by atoms with Gasteiger partial charge >= 0.3 is 0 Å². The summed E-state index contributed by atoms with van der Waals surface area (Å²) in [6.45, 7) is 4.84. The van der Waals surface area contributed by atoms with Crippen LogP contribution in [0.3, 0.4) is 0 Å². The molecule has 5 nitrogen and oxygen atoms in total. The van der Waals surface area contributed by atoms with E-state index in [0.717, 1.165) is 13.1 Å². The van der Waals surface area contributed by atoms with Crippen molar-refractivity contribution in [2.75, 3.05) is 19.6 Å². The lowest BCUT2D eigenvalue weighted by atomic mass is 10.1. The number of nitrogens with one attached hydrogen (secondary N) is 1. The van der Waals surface area contributed by atoms with Crippen LogP contribution in [0, 0.1) is 0 Å². The van der Waals surface area contributed by atoms with Gasteiger partial charge in [0.05, 0.1) is 4.90 Å². The van der Waals surface area contributed by atoms with Crippen molar-refractivity contribution in [2.45, 2.75) is 43.7 Å². The minimum Gasteiger partial charge on any atom is -0.326 e. The van der Waals surface area contributed by atoms with Crippen molar-refractivity contribution in [3.8, 4) is 0 Å². The van der Waals surface area contributed by atoms with Crippen molar-refractivity contribution in [2.24, 2.45) is 5.73 Å². The van der Waals surface area contributed by atoms with E-state index in [-0.39, 0.29) is 12.6 Å². The molecule has 1 aliphatic rings. The molecule has 1 heterocycles. The number of likely N-dealkylation sites (tertiary alicyclic amines) is 1. The average molecular weight is 311 g/mol. The van der Waals surface area contributed by atoms with Crippen molar-refractivity contribution >= 4 is 10.0 Å². The highest BCUT2D eigenvalue weighted by Gasteiger charge is 2.21. The van der Waals surface area contributed by atoms with E-state index in [2.05, 4.69) is 16.5 Å². The number of nitrogens with two attached hydrogens (primary N) is 1. The molecule has 1 aromatic carbocycles. The minimum atomic E-state index is -3.49. The third-order valence-electron chi connectivity index (χ3n) is 4.06. The molecule has 0 bridgehead atoms. The number of benzene rings is 1. The van der Waals surface area contributed by atoms with Crippen molar-refractivity contribution in [1.29, 1.82) is 0 Å². The molecule has 0 aromatic heterocycles. The second-order valence-electron chi connectivity index (χ2n) is 5.61. The van der Waals surface area contributed by atoms with Crippen LogP contribution in [0.2, 0.25) is 0 Å². The number of rotatable bonds is 6. The molecule has 1 fully saturated rings. The first-order valence-corrected chi connectivity index (χ1v) is 9.04. The molecule has 0 spiro atoms. The van der Waals surface area contributed by atoms with E-state index < -0.39 is 10.0 Å². The molecular formula is C15H25N3O2S. The van der Waals surface area contributed by atoms with Crippen LogP contribution >= 0.6 is 0 Å². The van der Waals surface area contributed by atoms with E-state index >= 15 is 0 Å². The first-order valence-electron chi connectivity index (χ1n) is 7.56. The quantitative estimate of drug-likeness (QED) is 0.830. The SMILES string of the molecule is CC(CNS(=O)(=O)c1ccccc1CN)N1CCCCC1. The zero-order valence-electron chi connectivity index (χ0n) is 12.6. The fourth-order valence-electron chi connectivity index (χ4n) is 2.73. The van der Waals surface area contributed by atoms with Gasteiger partial charge in [0.2, 0.25) is 10.0 Å². The summed E-state index contributed by atoms with van der Waals surface area (Å²) < 4.78 is 27.5. The highest BCUT2D eigenvalue weighted by Crippen LogP contribution is 2.16. The Hall–Kier alpha value is -0.950. The van der Waals surface area contributed by atoms with Gasteiger partial charge in [0, 0.05) is 19.1 Å². The molecule has 118 valence electrons. The van der Waals surface area contributed by atoms with Crippen LogP contribution < -0.4 is 10.5 Å². The molecule has 0 radical (unpaired) electrons. The van der Waals surface area contributed by atoms with Crippen molar-refractivity contribution in [3.63, 3.8) is 0 Å². The number of hydrogen-bond acceptors (Lipinski definition) is 4. The van der Waals surface area contributed by atoms with Gasteiger partial charge in [-0.2, -0.15) is 0 Å². The average Bonchev–Trinajstić information content (AvgIpc) is 2.53. The van der Waals surface area contributed by atoms with Gasteiger partial charge in [-0.05, 0) is 44.5 Å². The number of nitrogens with zero attached hydrogens (tertiary/aromatic N) is 1. The van der Waals surface area contributed by atoms with Crippen molar-refractivity contribution in [1.82, 2.24) is 9.62 Å². The lowest BCUT2D eigenvalue weighted by Gasteiger charge is -2.32. The standard InChI is InChI=1S/C15H25N3O2S/c1-13(18-9-5-2-6-10-18)12-17-21(19,20)15-8-4-3-7-14(15)11-16/h3-4,7-8,13,17H,2,5-6,9-12,16H2,1H3. The maximum absolute atomic E-state index is 12.4. The van der Waals surface area contributed by atoms with Crippen molar-refractivity contribution in [3.05, 3.63) is 29.8 Å². The Balaban J connectivity index is 2.00. The molecule has 6 heteroatoms. The number of hydrogen-bond donors (Lipinski definition) is 2. The first kappa shape index (κ1) is 16.4. The van der Waals surface area contributed by atoms with Gasteiger partial charge in [-0.1, -0.05) is 24.6 Å². The van der Waals surface area contributed by atoms with E-state index in [9.17, 15) is 8.42 Å². The third-order valence-corrected chi connectivity index (χ3v) is 5.59. The largest absolute Gasteiger partial charge is 0.326 e. The Morgan fingerprint density at radius 2 is 1.90 bits per heavy atom. The predicted octanol–water partition coefficient (Wildman–Crippen LogP) is 1.30. The Labute approximate surface area is 127 Å². The lowest BCUT2D eigenvalue weighted by molar-refractivity contribution is 0.175. The smallest absolute Gasteiger partial charge is 0.240 e. The van der Waals surface area contributed by atoms with Crippen LogP contribution in [0.4, 0.5) is 0 Å². The monoisotopic (exact) mass is 311 g/mol. The van der Waals surface area contributed by atoms with Gasteiger partial charge in [-0.25, -0.2) is 13.1 Å². The van der Waals surface area contributed by atoms with Crippen LogP contribution in [-0.2, 0) is 16.6 Å². The zero-order chi connectivity index (χ0) is 15.3. The Morgan fingerprint density at radius 1 is 1.24 bits per heavy atom. The molecular weight excluding hydrogens is 286 g/mol. The van der Waals surface area contributed by atoms with Gasteiger partial charge in [-0.3, -0.25) is 4.90 Å². The van der Waals surface area contributed by atoms with Gasteiger partial charge in [0.25, 0.3) is 0 Å². The maximum atomic E-state index is 12.4. The normalized spacial score (nSPS) is 18.6. The molecule has 3 N–H and O–H groups in total. The number of sulfonamides is 1. The predicted molar refractivity (Wildman–Crippen MR) is 84.4 cm³/mol. The molecule has 1 aliphatic heterocycles. The van der Waals surface area contributed by atoms with E-state index in [4.69, 9.17) is 5.73 Å². The van der Waals surface area contributed by atoms with E-state index in [1.165, 1.54) is 19.3 Å². The summed E-state index contributed by atoms with van der Waals surface area (Å²) in [5.74, 6) is 0. The fourth-order valence-corrected chi connectivity index (χ4v) is 4.10. The highest BCUT2D eigenvalue weighted by atomic mass is 32.2. The van der Waals surface area contributed by atoms with Gasteiger partial charge in [-0.15, -0.1) is 0 Å². The fraction of sp³-hybridized carbons (Fsp3) is 0.600. The summed E-state index contributed by atoms with van der Waals surface area (Å²) in [5.41, 5.74) is 6.27. The second-order valence-corrected chi connectivity index (χ2v) is 7.34. The van der Waals surface area contributed by atoms with Crippen molar-refractivity contribution < 1.29 is 8.42 Å². The summed E-state index contributed by atoms with van der Waals surface area (Å²) in [4.78, 5) is 2.64. The zero-order valence-corrected chi connectivity index (χ0v) is 13.4. The molecule has 0 amide bonds. The Bertz CT molecular complexity index is 554. The van der Waals surface area contributed by atoms with Gasteiger partial charge in [0.1, 0.15) is 0 Å². The number of piperidine rings is 1. The molecule has 1 unspecified atom stereocenters.